The third kappa shape index (κ3) is 4.01. The fourth-order valence-electron chi connectivity index (χ4n) is 4.44. The van der Waals surface area contributed by atoms with Crippen LogP contribution < -0.4 is 15.8 Å². The number of morpholine rings is 1. The van der Waals surface area contributed by atoms with Gasteiger partial charge in [-0.05, 0) is 37.6 Å². The Labute approximate surface area is 213 Å². The van der Waals surface area contributed by atoms with Gasteiger partial charge in [-0.1, -0.05) is 0 Å². The van der Waals surface area contributed by atoms with Gasteiger partial charge >= 0.3 is 0 Å². The summed E-state index contributed by atoms with van der Waals surface area (Å²) >= 11 is 0. The van der Waals surface area contributed by atoms with E-state index in [2.05, 4.69) is 25.0 Å². The lowest BCUT2D eigenvalue weighted by atomic mass is 9.82. The normalized spacial score (nSPS) is 18.1. The summed E-state index contributed by atoms with van der Waals surface area (Å²) in [6.07, 6.45) is 5.75. The van der Waals surface area contributed by atoms with Crippen LogP contribution in [0.5, 0.6) is 5.75 Å². The van der Waals surface area contributed by atoms with Crippen molar-refractivity contribution in [2.24, 2.45) is 0 Å². The Morgan fingerprint density at radius 2 is 1.78 bits per heavy atom. The van der Waals surface area contributed by atoms with Crippen LogP contribution >= 0.6 is 0 Å². The maximum absolute atomic E-state index is 15.3. The minimum atomic E-state index is -1.24. The summed E-state index contributed by atoms with van der Waals surface area (Å²) < 4.78 is 37.5. The molecule has 6 rings (SSSR count). The summed E-state index contributed by atoms with van der Waals surface area (Å²) in [5.74, 6) is -3.02. The van der Waals surface area contributed by atoms with E-state index in [0.29, 0.717) is 37.1 Å². The van der Waals surface area contributed by atoms with E-state index < -0.39 is 33.9 Å². The molecule has 4 heterocycles. The van der Waals surface area contributed by atoms with Crippen molar-refractivity contribution in [1.82, 2.24) is 29.7 Å². The lowest BCUT2D eigenvalue weighted by Gasteiger charge is -2.32. The second-order valence-electron chi connectivity index (χ2n) is 9.41. The van der Waals surface area contributed by atoms with E-state index in [9.17, 15) is 9.50 Å². The molecule has 1 aliphatic carbocycles. The van der Waals surface area contributed by atoms with Gasteiger partial charge < -0.3 is 14.7 Å². The Kier molecular flexibility index (Phi) is 5.63. The molecule has 4 radical (unpaired) electrons. The number of ether oxygens (including phenoxy) is 1. The van der Waals surface area contributed by atoms with Crippen LogP contribution in [-0.2, 0) is 4.74 Å². The Morgan fingerprint density at radius 1 is 1.03 bits per heavy atom. The molecular formula is C24H21B2F2N7O2. The van der Waals surface area contributed by atoms with Crippen molar-refractivity contribution < 1.29 is 18.6 Å². The third-order valence-electron chi connectivity index (χ3n) is 6.85. The van der Waals surface area contributed by atoms with Crippen molar-refractivity contribution >= 4 is 43.7 Å². The quantitative estimate of drug-likeness (QED) is 0.421. The van der Waals surface area contributed by atoms with Gasteiger partial charge in [0.1, 0.15) is 50.4 Å². The highest BCUT2D eigenvalue weighted by molar-refractivity contribution is 6.40. The topological polar surface area (TPSA) is 102 Å². The van der Waals surface area contributed by atoms with Crippen LogP contribution in [0.4, 0.5) is 14.7 Å². The van der Waals surface area contributed by atoms with Gasteiger partial charge in [0, 0.05) is 18.3 Å². The van der Waals surface area contributed by atoms with Crippen molar-refractivity contribution in [3.63, 3.8) is 0 Å². The number of phenols is 1. The number of hydrogen-bond acceptors (Lipinski definition) is 8. The van der Waals surface area contributed by atoms with Crippen LogP contribution in [0.25, 0.3) is 22.4 Å². The van der Waals surface area contributed by atoms with Crippen LogP contribution in [0.15, 0.2) is 12.4 Å². The van der Waals surface area contributed by atoms with Crippen molar-refractivity contribution in [1.29, 1.82) is 0 Å². The molecule has 13 heteroatoms. The molecule has 0 bridgehead atoms. The molecule has 9 nitrogen and oxygen atoms in total. The average Bonchev–Trinajstić information content (AvgIpc) is 3.63. The van der Waals surface area contributed by atoms with Gasteiger partial charge in [0.2, 0.25) is 5.95 Å². The van der Waals surface area contributed by atoms with E-state index in [-0.39, 0.29) is 28.9 Å². The molecule has 0 spiro atoms. The van der Waals surface area contributed by atoms with Gasteiger partial charge in [-0.15, -0.1) is 0 Å². The van der Waals surface area contributed by atoms with Crippen molar-refractivity contribution in [3.05, 3.63) is 41.0 Å². The number of aryl methyl sites for hydroxylation is 2. The molecule has 1 saturated heterocycles. The molecular weight excluding hydrogens is 478 g/mol. The Bertz CT molecular complexity index is 1530. The molecule has 1 N–H and O–H groups in total. The van der Waals surface area contributed by atoms with Crippen molar-refractivity contribution in [2.45, 2.75) is 38.8 Å². The standard InChI is InChI=1S/C24H21B2F2N7O2/c1-10-11(2)31-23-21(30-10)20(15-18(27)16(25)19(28)17(26)22(15)36)32-24(33-23)34-5-6-37-14(9-34)12-7-29-35(8-12)13-3-4-13/h7-8,13-14,36H,3-6,9H2,1-2H3. The number of aromatic hydroxyl groups is 1. The summed E-state index contributed by atoms with van der Waals surface area (Å²) in [4.78, 5) is 20.1. The number of nitrogens with zero attached hydrogens (tertiary/aromatic N) is 7. The number of anilines is 1. The first-order valence-electron chi connectivity index (χ1n) is 11.9. The molecule has 1 aliphatic heterocycles. The summed E-state index contributed by atoms with van der Waals surface area (Å²) in [7, 11) is 11.3. The highest BCUT2D eigenvalue weighted by atomic mass is 19.1. The van der Waals surface area contributed by atoms with Gasteiger partial charge in [-0.3, -0.25) is 4.68 Å². The number of benzene rings is 1. The fourth-order valence-corrected chi connectivity index (χ4v) is 4.44. The summed E-state index contributed by atoms with van der Waals surface area (Å²) in [5.41, 5.74) is 0.381. The number of halogens is 2. The maximum atomic E-state index is 15.3. The maximum Gasteiger partial charge on any atom is 0.228 e. The molecule has 184 valence electrons. The molecule has 4 aromatic rings. The molecule has 3 aromatic heterocycles. The minimum absolute atomic E-state index is 0.0893. The lowest BCUT2D eigenvalue weighted by molar-refractivity contribution is 0.0392. The van der Waals surface area contributed by atoms with Crippen LogP contribution in [0, 0.1) is 25.5 Å². The fraction of sp³-hybridized carbons (Fsp3) is 0.375. The highest BCUT2D eigenvalue weighted by Crippen LogP contribution is 2.36. The Hall–Kier alpha value is -3.60. The predicted molar refractivity (Wildman–Crippen MR) is 134 cm³/mol. The number of phenolic OH excluding ortho intramolecular Hbond substituents is 1. The van der Waals surface area contributed by atoms with Gasteiger partial charge in [-0.2, -0.15) is 10.1 Å². The van der Waals surface area contributed by atoms with E-state index in [4.69, 9.17) is 20.4 Å². The van der Waals surface area contributed by atoms with Gasteiger partial charge in [0.05, 0.1) is 42.3 Å². The van der Waals surface area contributed by atoms with Crippen LogP contribution in [-0.4, -0.2) is 70.2 Å². The zero-order valence-electron chi connectivity index (χ0n) is 20.2. The van der Waals surface area contributed by atoms with Crippen LogP contribution in [0.1, 0.15) is 41.9 Å². The zero-order chi connectivity index (χ0) is 26.0. The summed E-state index contributed by atoms with van der Waals surface area (Å²) in [6, 6.07) is 0.447. The molecule has 1 saturated carbocycles. The predicted octanol–water partition coefficient (Wildman–Crippen LogP) is 1.38. The van der Waals surface area contributed by atoms with E-state index in [1.807, 2.05) is 15.8 Å². The first kappa shape index (κ1) is 23.8. The second-order valence-corrected chi connectivity index (χ2v) is 9.41. The average molecular weight is 499 g/mol. The van der Waals surface area contributed by atoms with E-state index in [1.165, 1.54) is 0 Å². The first-order valence-corrected chi connectivity index (χ1v) is 11.9. The monoisotopic (exact) mass is 499 g/mol. The molecule has 1 aromatic carbocycles. The van der Waals surface area contributed by atoms with Gasteiger partial charge in [0.15, 0.2) is 5.65 Å². The highest BCUT2D eigenvalue weighted by Gasteiger charge is 2.30. The number of fused-ring (bicyclic) bond motifs is 1. The SMILES string of the molecule is [B]c1c(O)c(-c2nc(N3CCOC(c4cnn(C5CC5)c4)C3)nc3nc(C)c(C)nc23)c(F)c([B])c1F. The lowest BCUT2D eigenvalue weighted by Crippen LogP contribution is -2.39. The minimum Gasteiger partial charge on any atom is -0.508 e. The number of hydrogen-bond donors (Lipinski definition) is 1. The smallest absolute Gasteiger partial charge is 0.228 e. The molecule has 1 unspecified atom stereocenters. The number of rotatable bonds is 4. The summed E-state index contributed by atoms with van der Waals surface area (Å²) in [6.45, 7) is 4.76. The molecule has 0 amide bonds. The van der Waals surface area contributed by atoms with E-state index in [1.54, 1.807) is 20.0 Å². The van der Waals surface area contributed by atoms with Crippen LogP contribution in [0.2, 0.25) is 0 Å². The van der Waals surface area contributed by atoms with Gasteiger partial charge in [0.25, 0.3) is 0 Å². The summed E-state index contributed by atoms with van der Waals surface area (Å²) in [5, 5.41) is 15.1. The number of aromatic nitrogens is 6. The largest absolute Gasteiger partial charge is 0.508 e. The van der Waals surface area contributed by atoms with Crippen molar-refractivity contribution in [3.8, 4) is 17.0 Å². The Morgan fingerprint density at radius 3 is 2.54 bits per heavy atom. The third-order valence-corrected chi connectivity index (χ3v) is 6.85. The van der Waals surface area contributed by atoms with E-state index in [0.717, 1.165) is 18.4 Å². The molecule has 2 fully saturated rings. The van der Waals surface area contributed by atoms with Gasteiger partial charge in [-0.25, -0.2) is 23.7 Å². The van der Waals surface area contributed by atoms with Crippen molar-refractivity contribution in [2.75, 3.05) is 24.6 Å². The second kappa shape index (κ2) is 8.76. The Balaban J connectivity index is 1.47. The first-order chi connectivity index (χ1) is 17.7. The molecule has 37 heavy (non-hydrogen) atoms. The van der Waals surface area contributed by atoms with Crippen LogP contribution in [0.3, 0.4) is 0 Å². The molecule has 2 aliphatic rings. The zero-order valence-corrected chi connectivity index (χ0v) is 20.2. The molecule has 1 atom stereocenters. The van der Waals surface area contributed by atoms with E-state index >= 15 is 4.39 Å².